The minimum absolute atomic E-state index is 0.112. The molecule has 3 aromatic rings. The number of ether oxygens (including phenoxy) is 1. The number of nitrogens with one attached hydrogen (secondary N) is 2. The lowest BCUT2D eigenvalue weighted by molar-refractivity contribution is -0.115. The molecule has 27 heavy (non-hydrogen) atoms. The van der Waals surface area contributed by atoms with Crippen molar-refractivity contribution < 1.29 is 14.3 Å². The first-order valence-corrected chi connectivity index (χ1v) is 9.20. The van der Waals surface area contributed by atoms with Crippen LogP contribution in [0.3, 0.4) is 0 Å². The van der Waals surface area contributed by atoms with Crippen molar-refractivity contribution in [2.75, 3.05) is 11.9 Å². The highest BCUT2D eigenvalue weighted by atomic mass is 127. The van der Waals surface area contributed by atoms with Crippen LogP contribution >= 0.6 is 22.6 Å². The fourth-order valence-corrected chi connectivity index (χ4v) is 2.89. The molecule has 0 aliphatic carbocycles. The van der Waals surface area contributed by atoms with E-state index in [1.165, 1.54) is 0 Å². The van der Waals surface area contributed by atoms with Gasteiger partial charge < -0.3 is 15.4 Å². The van der Waals surface area contributed by atoms with Gasteiger partial charge in [-0.15, -0.1) is 0 Å². The summed E-state index contributed by atoms with van der Waals surface area (Å²) >= 11 is 2.09. The lowest BCUT2D eigenvalue weighted by Crippen LogP contribution is -2.33. The van der Waals surface area contributed by atoms with Crippen molar-refractivity contribution in [3.63, 3.8) is 0 Å². The van der Waals surface area contributed by atoms with Crippen LogP contribution in [0.2, 0.25) is 0 Å². The van der Waals surface area contributed by atoms with Gasteiger partial charge in [-0.1, -0.05) is 12.1 Å². The van der Waals surface area contributed by atoms with Gasteiger partial charge in [0.25, 0.3) is 5.91 Å². The summed E-state index contributed by atoms with van der Waals surface area (Å²) in [4.78, 5) is 28.1. The van der Waals surface area contributed by atoms with Crippen molar-refractivity contribution >= 4 is 40.1 Å². The molecule has 0 saturated carbocycles. The highest BCUT2D eigenvalue weighted by molar-refractivity contribution is 14.1. The molecule has 0 radical (unpaired) electrons. The number of halogens is 1. The Kier molecular flexibility index (Phi) is 6.37. The zero-order valence-electron chi connectivity index (χ0n) is 14.2. The quantitative estimate of drug-likeness (QED) is 0.534. The molecule has 0 aliphatic rings. The third kappa shape index (κ3) is 5.52. The molecule has 136 valence electrons. The molecule has 1 aromatic heterocycles. The number of carbonyl (C=O) groups is 2. The van der Waals surface area contributed by atoms with E-state index in [0.29, 0.717) is 22.7 Å². The lowest BCUT2D eigenvalue weighted by Gasteiger charge is -2.09. The maximum absolute atomic E-state index is 12.1. The third-order valence-electron chi connectivity index (χ3n) is 3.55. The van der Waals surface area contributed by atoms with Crippen molar-refractivity contribution in [2.24, 2.45) is 0 Å². The van der Waals surface area contributed by atoms with E-state index in [1.54, 1.807) is 60.9 Å². The fraction of sp³-hybridized carbons (Fsp3) is 0.0500. The first-order chi connectivity index (χ1) is 13.1. The minimum Gasteiger partial charge on any atom is -0.457 e. The smallest absolute Gasteiger partial charge is 0.252 e. The van der Waals surface area contributed by atoms with E-state index in [2.05, 4.69) is 38.2 Å². The summed E-state index contributed by atoms with van der Waals surface area (Å²) in [7, 11) is 0. The Balaban J connectivity index is 1.50. The number of carbonyl (C=O) groups excluding carboxylic acids is 2. The molecule has 0 fully saturated rings. The normalized spacial score (nSPS) is 10.1. The Morgan fingerprint density at radius 3 is 2.30 bits per heavy atom. The zero-order valence-corrected chi connectivity index (χ0v) is 16.3. The zero-order chi connectivity index (χ0) is 19.1. The number of hydrogen-bond acceptors (Lipinski definition) is 4. The van der Waals surface area contributed by atoms with E-state index >= 15 is 0 Å². The van der Waals surface area contributed by atoms with Gasteiger partial charge in [0.15, 0.2) is 0 Å². The fourth-order valence-electron chi connectivity index (χ4n) is 2.25. The molecule has 1 heterocycles. The Morgan fingerprint density at radius 1 is 0.926 bits per heavy atom. The molecule has 3 rings (SSSR count). The highest BCUT2D eigenvalue weighted by Gasteiger charge is 2.11. The van der Waals surface area contributed by atoms with Crippen molar-refractivity contribution in [3.8, 4) is 11.5 Å². The number of aromatic nitrogens is 1. The molecule has 0 atom stereocenters. The van der Waals surface area contributed by atoms with Crippen LogP contribution in [0.4, 0.5) is 5.69 Å². The molecule has 0 aliphatic heterocycles. The molecule has 0 bridgehead atoms. The second kappa shape index (κ2) is 9.13. The largest absolute Gasteiger partial charge is 0.457 e. The van der Waals surface area contributed by atoms with Crippen molar-refractivity contribution in [1.82, 2.24) is 10.3 Å². The predicted molar refractivity (Wildman–Crippen MR) is 111 cm³/mol. The molecule has 0 saturated heterocycles. The summed E-state index contributed by atoms with van der Waals surface area (Å²) in [6.07, 6.45) is 3.30. The first kappa shape index (κ1) is 18.8. The Morgan fingerprint density at radius 2 is 1.59 bits per heavy atom. The third-order valence-corrected chi connectivity index (χ3v) is 4.49. The van der Waals surface area contributed by atoms with Crippen LogP contribution in [0.25, 0.3) is 0 Å². The number of benzene rings is 2. The summed E-state index contributed by atoms with van der Waals surface area (Å²) < 4.78 is 6.50. The van der Waals surface area contributed by atoms with E-state index in [9.17, 15) is 9.59 Å². The van der Waals surface area contributed by atoms with E-state index in [-0.39, 0.29) is 18.4 Å². The van der Waals surface area contributed by atoms with E-state index < -0.39 is 0 Å². The van der Waals surface area contributed by atoms with Gasteiger partial charge in [-0.3, -0.25) is 14.6 Å². The van der Waals surface area contributed by atoms with Crippen LogP contribution < -0.4 is 15.4 Å². The second-order valence-corrected chi connectivity index (χ2v) is 6.68. The van der Waals surface area contributed by atoms with Gasteiger partial charge in [-0.05, 0) is 71.1 Å². The summed E-state index contributed by atoms with van der Waals surface area (Å²) in [6.45, 7) is -0.112. The van der Waals surface area contributed by atoms with Gasteiger partial charge in [-0.2, -0.15) is 0 Å². The average molecular weight is 473 g/mol. The Hall–Kier alpha value is -2.94. The van der Waals surface area contributed by atoms with Crippen molar-refractivity contribution in [2.45, 2.75) is 0 Å². The number of rotatable bonds is 6. The topological polar surface area (TPSA) is 80.3 Å². The number of nitrogens with zero attached hydrogens (tertiary/aromatic N) is 1. The monoisotopic (exact) mass is 473 g/mol. The minimum atomic E-state index is -0.308. The number of amides is 2. The molecule has 6 nitrogen and oxygen atoms in total. The average Bonchev–Trinajstić information content (AvgIpc) is 2.69. The van der Waals surface area contributed by atoms with Crippen LogP contribution in [-0.4, -0.2) is 23.3 Å². The maximum Gasteiger partial charge on any atom is 0.252 e. The van der Waals surface area contributed by atoms with Gasteiger partial charge in [-0.25, -0.2) is 0 Å². The maximum atomic E-state index is 12.1. The molecular formula is C20H16IN3O3. The molecule has 2 N–H and O–H groups in total. The van der Waals surface area contributed by atoms with E-state index in [0.717, 1.165) is 3.57 Å². The molecule has 2 amide bonds. The van der Waals surface area contributed by atoms with Crippen LogP contribution in [0.5, 0.6) is 11.5 Å². The molecular weight excluding hydrogens is 457 g/mol. The van der Waals surface area contributed by atoms with Gasteiger partial charge in [0.05, 0.1) is 12.1 Å². The van der Waals surface area contributed by atoms with Crippen LogP contribution in [0.1, 0.15) is 10.4 Å². The van der Waals surface area contributed by atoms with E-state index in [4.69, 9.17) is 4.74 Å². The van der Waals surface area contributed by atoms with Gasteiger partial charge >= 0.3 is 0 Å². The standard InChI is InChI=1S/C20H16IN3O3/c21-18-4-2-1-3-17(18)20(26)23-13-19(25)24-14-5-7-15(8-6-14)27-16-9-11-22-12-10-16/h1-12H,13H2,(H,23,26)(H,24,25). The summed E-state index contributed by atoms with van der Waals surface area (Å²) in [5.74, 6) is 0.736. The number of hydrogen-bond donors (Lipinski definition) is 2. The Labute approximate surface area is 170 Å². The second-order valence-electron chi connectivity index (χ2n) is 5.52. The van der Waals surface area contributed by atoms with Crippen LogP contribution in [0, 0.1) is 3.57 Å². The van der Waals surface area contributed by atoms with Crippen LogP contribution in [0.15, 0.2) is 73.1 Å². The number of pyridine rings is 1. The molecule has 7 heteroatoms. The summed E-state index contributed by atoms with van der Waals surface area (Å²) in [5.41, 5.74) is 1.16. The summed E-state index contributed by atoms with van der Waals surface area (Å²) in [6, 6.07) is 17.7. The lowest BCUT2D eigenvalue weighted by atomic mass is 10.2. The first-order valence-electron chi connectivity index (χ1n) is 8.12. The van der Waals surface area contributed by atoms with Crippen molar-refractivity contribution in [1.29, 1.82) is 0 Å². The summed E-state index contributed by atoms with van der Waals surface area (Å²) in [5, 5.41) is 5.35. The molecule has 0 unspecified atom stereocenters. The number of anilines is 1. The van der Waals surface area contributed by atoms with Gasteiger partial charge in [0, 0.05) is 21.7 Å². The highest BCUT2D eigenvalue weighted by Crippen LogP contribution is 2.22. The molecule has 2 aromatic carbocycles. The van der Waals surface area contributed by atoms with Gasteiger partial charge in [0.1, 0.15) is 11.5 Å². The SMILES string of the molecule is O=C(CNC(=O)c1ccccc1I)Nc1ccc(Oc2ccncc2)cc1. The van der Waals surface area contributed by atoms with Gasteiger partial charge in [0.2, 0.25) is 5.91 Å². The predicted octanol–water partition coefficient (Wildman–Crippen LogP) is 3.85. The Bertz CT molecular complexity index is 931. The van der Waals surface area contributed by atoms with Crippen molar-refractivity contribution in [3.05, 3.63) is 82.2 Å². The molecule has 0 spiro atoms. The van der Waals surface area contributed by atoms with Crippen LogP contribution in [-0.2, 0) is 4.79 Å². The van der Waals surface area contributed by atoms with E-state index in [1.807, 2.05) is 12.1 Å².